The molecule has 0 aliphatic carbocycles. The largest absolute Gasteiger partial charge is 0.425 e. The molecule has 4 rings (SSSR count). The van der Waals surface area contributed by atoms with E-state index < -0.39 is 11.2 Å². The topological polar surface area (TPSA) is 71.1 Å². The Morgan fingerprint density at radius 1 is 1.00 bits per heavy atom. The number of hydrogen-bond donors (Lipinski definition) is 0. The molecule has 0 fully saturated rings. The zero-order valence-corrected chi connectivity index (χ0v) is 19.0. The van der Waals surface area contributed by atoms with Gasteiger partial charge in [0.25, 0.3) is 5.56 Å². The molecular weight excluding hydrogens is 439 g/mol. The molecule has 2 aromatic carbocycles. The summed E-state index contributed by atoms with van der Waals surface area (Å²) in [5.41, 5.74) is 2.05. The summed E-state index contributed by atoms with van der Waals surface area (Å²) in [4.78, 5) is 29.9. The predicted molar refractivity (Wildman–Crippen MR) is 122 cm³/mol. The van der Waals surface area contributed by atoms with E-state index in [0.29, 0.717) is 15.8 Å². The monoisotopic (exact) mass is 458 g/mol. The maximum Gasteiger partial charge on any atom is 0.332 e. The van der Waals surface area contributed by atoms with Gasteiger partial charge in [0.2, 0.25) is 0 Å². The van der Waals surface area contributed by atoms with Crippen molar-refractivity contribution in [3.05, 3.63) is 84.0 Å². The van der Waals surface area contributed by atoms with Crippen molar-refractivity contribution in [2.45, 2.75) is 20.4 Å². The highest BCUT2D eigenvalue weighted by Crippen LogP contribution is 2.31. The van der Waals surface area contributed by atoms with Crippen LogP contribution in [-0.4, -0.2) is 18.7 Å². The van der Waals surface area contributed by atoms with Crippen LogP contribution in [0.25, 0.3) is 11.2 Å². The number of fused-ring (bicyclic) bond motifs is 1. The molecule has 7 nitrogen and oxygen atoms in total. The maximum absolute atomic E-state index is 13.0. The van der Waals surface area contributed by atoms with Crippen LogP contribution in [-0.2, 0) is 20.6 Å². The number of benzene rings is 2. The third kappa shape index (κ3) is 3.64. The van der Waals surface area contributed by atoms with Crippen LogP contribution in [0.15, 0.2) is 46.0 Å². The van der Waals surface area contributed by atoms with Crippen LogP contribution in [0.1, 0.15) is 16.7 Å². The molecule has 0 bridgehead atoms. The summed E-state index contributed by atoms with van der Waals surface area (Å²) in [5.74, 6) is 0.525. The average Bonchev–Trinajstić information content (AvgIpc) is 3.08. The Bertz CT molecular complexity index is 1430. The third-order valence-corrected chi connectivity index (χ3v) is 6.18. The number of ether oxygens (including phenoxy) is 1. The zero-order chi connectivity index (χ0) is 22.4. The van der Waals surface area contributed by atoms with Gasteiger partial charge < -0.3 is 4.74 Å². The second-order valence-electron chi connectivity index (χ2n) is 7.42. The van der Waals surface area contributed by atoms with Crippen LogP contribution in [0.3, 0.4) is 0 Å². The molecule has 31 heavy (non-hydrogen) atoms. The minimum absolute atomic E-state index is 0.175. The summed E-state index contributed by atoms with van der Waals surface area (Å²) in [6, 6.07) is 11.1. The van der Waals surface area contributed by atoms with Gasteiger partial charge in [0.1, 0.15) is 5.75 Å². The molecule has 0 spiro atoms. The standard InChI is InChI=1S/C22H20Cl2N4O3/c1-12-9-15(10-13(2)17(12)24)31-21-25-19-18(20(29)27(4)22(30)26(19)3)28(21)11-14-7-5-6-8-16(14)23/h5-10H,11H2,1-4H3. The molecule has 0 unspecified atom stereocenters. The van der Waals surface area contributed by atoms with Gasteiger partial charge in [-0.15, -0.1) is 0 Å². The molecule has 2 heterocycles. The number of halogens is 2. The van der Waals surface area contributed by atoms with E-state index in [9.17, 15) is 9.59 Å². The average molecular weight is 459 g/mol. The van der Waals surface area contributed by atoms with Crippen molar-refractivity contribution in [1.29, 1.82) is 0 Å². The molecule has 160 valence electrons. The van der Waals surface area contributed by atoms with Gasteiger partial charge >= 0.3 is 11.7 Å². The van der Waals surface area contributed by atoms with Gasteiger partial charge in [-0.1, -0.05) is 41.4 Å². The van der Waals surface area contributed by atoms with E-state index in [1.165, 1.54) is 11.6 Å². The highest BCUT2D eigenvalue weighted by molar-refractivity contribution is 6.32. The summed E-state index contributed by atoms with van der Waals surface area (Å²) in [6.45, 7) is 4.01. The Balaban J connectivity index is 1.97. The molecule has 4 aromatic rings. The lowest BCUT2D eigenvalue weighted by molar-refractivity contribution is 0.420. The molecule has 0 saturated heterocycles. The van der Waals surface area contributed by atoms with E-state index in [1.807, 2.05) is 32.0 Å². The lowest BCUT2D eigenvalue weighted by Gasteiger charge is -2.12. The van der Waals surface area contributed by atoms with Gasteiger partial charge in [0, 0.05) is 24.1 Å². The first-order valence-corrected chi connectivity index (χ1v) is 10.3. The summed E-state index contributed by atoms with van der Waals surface area (Å²) in [6.07, 6.45) is 0. The van der Waals surface area contributed by atoms with Gasteiger partial charge in [-0.2, -0.15) is 4.98 Å². The highest BCUT2D eigenvalue weighted by atomic mass is 35.5. The van der Waals surface area contributed by atoms with Gasteiger partial charge in [-0.25, -0.2) is 4.79 Å². The molecular formula is C22H20Cl2N4O3. The first-order valence-electron chi connectivity index (χ1n) is 9.53. The Morgan fingerprint density at radius 2 is 1.65 bits per heavy atom. The van der Waals surface area contributed by atoms with Crippen molar-refractivity contribution >= 4 is 34.4 Å². The van der Waals surface area contributed by atoms with Crippen molar-refractivity contribution in [2.75, 3.05) is 0 Å². The Labute approximate surface area is 188 Å². The molecule has 0 atom stereocenters. The van der Waals surface area contributed by atoms with Gasteiger partial charge in [0.15, 0.2) is 11.2 Å². The van der Waals surface area contributed by atoms with E-state index in [0.717, 1.165) is 21.3 Å². The van der Waals surface area contributed by atoms with Gasteiger partial charge in [0.05, 0.1) is 6.54 Å². The molecule has 0 N–H and O–H groups in total. The van der Waals surface area contributed by atoms with Crippen LogP contribution >= 0.6 is 23.2 Å². The number of aryl methyl sites for hydroxylation is 3. The number of imidazole rings is 1. The van der Waals surface area contributed by atoms with Crippen LogP contribution in [0.5, 0.6) is 11.8 Å². The van der Waals surface area contributed by atoms with Crippen LogP contribution in [0, 0.1) is 13.8 Å². The van der Waals surface area contributed by atoms with E-state index in [-0.39, 0.29) is 23.7 Å². The predicted octanol–water partition coefficient (Wildman–Crippen LogP) is 4.20. The molecule has 0 radical (unpaired) electrons. The van der Waals surface area contributed by atoms with Gasteiger partial charge in [-0.3, -0.25) is 18.5 Å². The maximum atomic E-state index is 13.0. The minimum Gasteiger partial charge on any atom is -0.425 e. The lowest BCUT2D eigenvalue weighted by atomic mass is 10.1. The molecule has 0 aliphatic heterocycles. The van der Waals surface area contributed by atoms with Crippen LogP contribution in [0.4, 0.5) is 0 Å². The molecule has 9 heteroatoms. The first kappa shape index (κ1) is 21.2. The van der Waals surface area contributed by atoms with Crippen molar-refractivity contribution in [3.8, 4) is 11.8 Å². The summed E-state index contributed by atoms with van der Waals surface area (Å²) in [5, 5.41) is 1.21. The van der Waals surface area contributed by atoms with E-state index in [1.54, 1.807) is 29.8 Å². The summed E-state index contributed by atoms with van der Waals surface area (Å²) >= 11 is 12.6. The minimum atomic E-state index is -0.468. The molecule has 0 saturated carbocycles. The number of hydrogen-bond acceptors (Lipinski definition) is 4. The molecule has 0 aliphatic rings. The van der Waals surface area contributed by atoms with Gasteiger partial charge in [-0.05, 0) is 48.7 Å². The fraction of sp³-hybridized carbons (Fsp3) is 0.227. The fourth-order valence-corrected chi connectivity index (χ4v) is 3.82. The van der Waals surface area contributed by atoms with E-state index >= 15 is 0 Å². The lowest BCUT2D eigenvalue weighted by Crippen LogP contribution is -2.37. The van der Waals surface area contributed by atoms with Crippen molar-refractivity contribution in [3.63, 3.8) is 0 Å². The Morgan fingerprint density at radius 3 is 2.29 bits per heavy atom. The first-order chi connectivity index (χ1) is 14.7. The van der Waals surface area contributed by atoms with Crippen molar-refractivity contribution < 1.29 is 4.74 Å². The fourth-order valence-electron chi connectivity index (χ4n) is 3.52. The van der Waals surface area contributed by atoms with E-state index in [4.69, 9.17) is 27.9 Å². The summed E-state index contributed by atoms with van der Waals surface area (Å²) in [7, 11) is 3.00. The second kappa shape index (κ2) is 7.90. The van der Waals surface area contributed by atoms with Crippen LogP contribution in [0.2, 0.25) is 10.0 Å². The van der Waals surface area contributed by atoms with Crippen molar-refractivity contribution in [2.24, 2.45) is 14.1 Å². The Kier molecular flexibility index (Phi) is 5.41. The smallest absolute Gasteiger partial charge is 0.332 e. The second-order valence-corrected chi connectivity index (χ2v) is 8.21. The normalized spacial score (nSPS) is 11.3. The molecule has 2 aromatic heterocycles. The number of rotatable bonds is 4. The Hall–Kier alpha value is -3.03. The summed E-state index contributed by atoms with van der Waals surface area (Å²) < 4.78 is 10.1. The molecule has 0 amide bonds. The number of nitrogens with zero attached hydrogens (tertiary/aromatic N) is 4. The number of aromatic nitrogens is 4. The van der Waals surface area contributed by atoms with E-state index in [2.05, 4.69) is 4.98 Å². The quantitative estimate of drug-likeness (QED) is 0.459. The third-order valence-electron chi connectivity index (χ3n) is 5.22. The zero-order valence-electron chi connectivity index (χ0n) is 17.4. The van der Waals surface area contributed by atoms with Crippen LogP contribution < -0.4 is 16.0 Å². The van der Waals surface area contributed by atoms with Crippen molar-refractivity contribution in [1.82, 2.24) is 18.7 Å². The highest BCUT2D eigenvalue weighted by Gasteiger charge is 2.21. The SMILES string of the molecule is Cc1cc(Oc2nc3c(c(=O)n(C)c(=O)n3C)n2Cc2ccccc2Cl)cc(C)c1Cl.